The van der Waals surface area contributed by atoms with E-state index < -0.39 is 21.9 Å². The highest BCUT2D eigenvalue weighted by atomic mass is 32.2. The second-order valence-corrected chi connectivity index (χ2v) is 13.6. The maximum absolute atomic E-state index is 13.3. The van der Waals surface area contributed by atoms with E-state index in [1.807, 2.05) is 6.92 Å². The Morgan fingerprint density at radius 1 is 0.925 bits per heavy atom. The average Bonchev–Trinajstić information content (AvgIpc) is 2.94. The van der Waals surface area contributed by atoms with Crippen LogP contribution in [0.25, 0.3) is 0 Å². The van der Waals surface area contributed by atoms with Gasteiger partial charge in [-0.3, -0.25) is 4.79 Å². The molecule has 0 aliphatic heterocycles. The molecule has 0 spiro atoms. The highest BCUT2D eigenvalue weighted by Crippen LogP contribution is 2.28. The van der Waals surface area contributed by atoms with Crippen molar-refractivity contribution in [1.82, 2.24) is 5.32 Å². The number of nitrogens with one attached hydrogen (secondary N) is 2. The first-order chi connectivity index (χ1) is 19.2. The predicted molar refractivity (Wildman–Crippen MR) is 163 cm³/mol. The molecule has 2 amide bonds. The highest BCUT2D eigenvalue weighted by molar-refractivity contribution is 7.90. The molecule has 2 atom stereocenters. The zero-order valence-corrected chi connectivity index (χ0v) is 25.4. The monoisotopic (exact) mass is 568 g/mol. The molecule has 1 unspecified atom stereocenters. The van der Waals surface area contributed by atoms with Crippen molar-refractivity contribution >= 4 is 27.3 Å². The number of anilines is 1. The Morgan fingerprint density at radius 2 is 1.60 bits per heavy atom. The van der Waals surface area contributed by atoms with Crippen LogP contribution in [0.2, 0.25) is 0 Å². The highest BCUT2D eigenvalue weighted by Gasteiger charge is 2.26. The SMILES string of the molecule is CCCCC(CC)CCC(=O)[C@@H](CC1CCCCC1)NC(=O)Nc1ccc(CS(=O)(=O)c2ccc(C)cc2)cc1. The summed E-state index contributed by atoms with van der Waals surface area (Å²) in [5.74, 6) is 1.05. The number of benzene rings is 2. The Hall–Kier alpha value is -2.67. The lowest BCUT2D eigenvalue weighted by Gasteiger charge is -2.27. The number of amides is 2. The molecule has 3 rings (SSSR count). The summed E-state index contributed by atoms with van der Waals surface area (Å²) in [6.45, 7) is 6.31. The van der Waals surface area contributed by atoms with Crippen LogP contribution in [0.15, 0.2) is 53.4 Å². The van der Waals surface area contributed by atoms with E-state index in [1.165, 1.54) is 32.1 Å². The van der Waals surface area contributed by atoms with Gasteiger partial charge in [0.15, 0.2) is 15.6 Å². The van der Waals surface area contributed by atoms with E-state index >= 15 is 0 Å². The van der Waals surface area contributed by atoms with Crippen molar-refractivity contribution in [3.8, 4) is 0 Å². The molecule has 0 bridgehead atoms. The fourth-order valence-corrected chi connectivity index (χ4v) is 7.00. The molecule has 1 fully saturated rings. The summed E-state index contributed by atoms with van der Waals surface area (Å²) in [5, 5.41) is 5.83. The molecular formula is C33H48N2O4S. The molecule has 1 aliphatic rings. The molecule has 7 heteroatoms. The van der Waals surface area contributed by atoms with Crippen molar-refractivity contribution in [1.29, 1.82) is 0 Å². The smallest absolute Gasteiger partial charge is 0.319 e. The fraction of sp³-hybridized carbons (Fsp3) is 0.576. The fourth-order valence-electron chi connectivity index (χ4n) is 5.65. The summed E-state index contributed by atoms with van der Waals surface area (Å²) in [6, 6.07) is 12.8. The van der Waals surface area contributed by atoms with Crippen LogP contribution in [0.3, 0.4) is 0 Å². The summed E-state index contributed by atoms with van der Waals surface area (Å²) in [6.07, 6.45) is 12.6. The lowest BCUT2D eigenvalue weighted by Crippen LogP contribution is -2.44. The van der Waals surface area contributed by atoms with Gasteiger partial charge in [-0.25, -0.2) is 13.2 Å². The third kappa shape index (κ3) is 10.4. The van der Waals surface area contributed by atoms with Gasteiger partial charge in [0.2, 0.25) is 0 Å². The number of Topliss-reactive ketones (excluding diaryl/α,β-unsaturated/α-hetero) is 1. The number of urea groups is 1. The Morgan fingerprint density at radius 3 is 2.23 bits per heavy atom. The molecule has 1 saturated carbocycles. The van der Waals surface area contributed by atoms with Crippen LogP contribution in [-0.4, -0.2) is 26.3 Å². The third-order valence-electron chi connectivity index (χ3n) is 8.28. The van der Waals surface area contributed by atoms with Crippen LogP contribution in [0.1, 0.15) is 102 Å². The van der Waals surface area contributed by atoms with Crippen LogP contribution in [0, 0.1) is 18.8 Å². The quantitative estimate of drug-likeness (QED) is 0.228. The summed E-state index contributed by atoms with van der Waals surface area (Å²) in [7, 11) is -3.46. The molecule has 40 heavy (non-hydrogen) atoms. The zero-order valence-electron chi connectivity index (χ0n) is 24.6. The van der Waals surface area contributed by atoms with Crippen molar-refractivity contribution in [3.05, 3.63) is 59.7 Å². The van der Waals surface area contributed by atoms with E-state index in [0.29, 0.717) is 40.8 Å². The molecule has 0 saturated heterocycles. The van der Waals surface area contributed by atoms with E-state index in [4.69, 9.17) is 0 Å². The minimum absolute atomic E-state index is 0.114. The Kier molecular flexibility index (Phi) is 12.7. The van der Waals surface area contributed by atoms with Crippen molar-refractivity contribution in [2.45, 2.75) is 115 Å². The largest absolute Gasteiger partial charge is 0.328 e. The van der Waals surface area contributed by atoms with Gasteiger partial charge in [-0.15, -0.1) is 0 Å². The number of sulfone groups is 1. The maximum Gasteiger partial charge on any atom is 0.319 e. The lowest BCUT2D eigenvalue weighted by atomic mass is 9.83. The molecule has 2 aromatic rings. The van der Waals surface area contributed by atoms with Crippen molar-refractivity contribution in [2.75, 3.05) is 5.32 Å². The first-order valence-corrected chi connectivity index (χ1v) is 16.8. The number of hydrogen-bond donors (Lipinski definition) is 2. The van der Waals surface area contributed by atoms with Crippen LogP contribution in [0.5, 0.6) is 0 Å². The average molecular weight is 569 g/mol. The maximum atomic E-state index is 13.3. The number of carbonyl (C=O) groups is 2. The standard InChI is InChI=1S/C33H48N2O4S/c1-4-6-10-26(5-2)17-22-32(36)31(23-27-11-8-7-9-12-27)35-33(37)34-29-18-15-28(16-19-29)24-40(38,39)30-20-13-25(3)14-21-30/h13-16,18-21,26-27,31H,4-12,17,22-24H2,1-3H3,(H2,34,35,37)/t26?,31-/m1/s1. The number of hydrogen-bond acceptors (Lipinski definition) is 4. The summed E-state index contributed by atoms with van der Waals surface area (Å²) in [5.41, 5.74) is 2.21. The molecule has 0 heterocycles. The van der Waals surface area contributed by atoms with Gasteiger partial charge in [0, 0.05) is 12.1 Å². The first-order valence-electron chi connectivity index (χ1n) is 15.2. The molecule has 6 nitrogen and oxygen atoms in total. The van der Waals surface area contributed by atoms with Gasteiger partial charge in [0.05, 0.1) is 16.7 Å². The number of rotatable bonds is 15. The lowest BCUT2D eigenvalue weighted by molar-refractivity contribution is -0.121. The summed E-state index contributed by atoms with van der Waals surface area (Å²) < 4.78 is 25.6. The van der Waals surface area contributed by atoms with E-state index in [1.54, 1.807) is 48.5 Å². The van der Waals surface area contributed by atoms with Gasteiger partial charge in [-0.1, -0.05) is 101 Å². The topological polar surface area (TPSA) is 92.3 Å². The number of aryl methyl sites for hydroxylation is 1. The Balaban J connectivity index is 1.59. The first kappa shape index (κ1) is 31.9. The molecule has 0 aromatic heterocycles. The van der Waals surface area contributed by atoms with Crippen molar-refractivity contribution in [3.63, 3.8) is 0 Å². The van der Waals surface area contributed by atoms with Crippen LogP contribution in [-0.2, 0) is 20.4 Å². The normalized spacial score (nSPS) is 15.8. The summed E-state index contributed by atoms with van der Waals surface area (Å²) >= 11 is 0. The van der Waals surface area contributed by atoms with Gasteiger partial charge in [-0.2, -0.15) is 0 Å². The molecule has 0 radical (unpaired) electrons. The van der Waals surface area contributed by atoms with Gasteiger partial charge < -0.3 is 10.6 Å². The predicted octanol–water partition coefficient (Wildman–Crippen LogP) is 8.00. The molecule has 2 N–H and O–H groups in total. The van der Waals surface area contributed by atoms with Gasteiger partial charge in [0.1, 0.15) is 0 Å². The Bertz CT molecular complexity index is 1170. The molecular weight excluding hydrogens is 520 g/mol. The minimum atomic E-state index is -3.46. The molecule has 220 valence electrons. The number of unbranched alkanes of at least 4 members (excludes halogenated alkanes) is 1. The Labute approximate surface area is 241 Å². The van der Waals surface area contributed by atoms with E-state index in [2.05, 4.69) is 24.5 Å². The number of carbonyl (C=O) groups excluding carboxylic acids is 2. The van der Waals surface area contributed by atoms with Crippen LogP contribution >= 0.6 is 0 Å². The van der Waals surface area contributed by atoms with Gasteiger partial charge in [-0.05, 0) is 61.4 Å². The summed E-state index contributed by atoms with van der Waals surface area (Å²) in [4.78, 5) is 26.6. The minimum Gasteiger partial charge on any atom is -0.328 e. The van der Waals surface area contributed by atoms with Gasteiger partial charge in [0.25, 0.3) is 0 Å². The van der Waals surface area contributed by atoms with Crippen molar-refractivity contribution < 1.29 is 18.0 Å². The van der Waals surface area contributed by atoms with Crippen LogP contribution in [0.4, 0.5) is 10.5 Å². The van der Waals surface area contributed by atoms with E-state index in [-0.39, 0.29) is 11.5 Å². The number of ketones is 1. The van der Waals surface area contributed by atoms with Crippen LogP contribution < -0.4 is 10.6 Å². The van der Waals surface area contributed by atoms with Crippen molar-refractivity contribution in [2.24, 2.45) is 11.8 Å². The van der Waals surface area contributed by atoms with E-state index in [0.717, 1.165) is 37.7 Å². The zero-order chi connectivity index (χ0) is 29.0. The molecule has 1 aliphatic carbocycles. The van der Waals surface area contributed by atoms with Gasteiger partial charge >= 0.3 is 6.03 Å². The van der Waals surface area contributed by atoms with E-state index in [9.17, 15) is 18.0 Å². The molecule has 2 aromatic carbocycles. The second-order valence-electron chi connectivity index (χ2n) is 11.6. The second kappa shape index (κ2) is 15.9. The third-order valence-corrected chi connectivity index (χ3v) is 9.98.